The number of nitrogens with zero attached hydrogens (tertiary/aromatic N) is 2. The molecule has 0 saturated carbocycles. The fourth-order valence-corrected chi connectivity index (χ4v) is 4.25. The Morgan fingerprint density at radius 3 is 2.42 bits per heavy atom. The maximum absolute atomic E-state index is 4.75. The Hall–Kier alpha value is -3.13. The van der Waals surface area contributed by atoms with Crippen LogP contribution in [0, 0.1) is 13.8 Å². The van der Waals surface area contributed by atoms with Crippen LogP contribution in [-0.2, 0) is 12.0 Å². The van der Waals surface area contributed by atoms with Crippen molar-refractivity contribution in [1.29, 1.82) is 0 Å². The van der Waals surface area contributed by atoms with Crippen molar-refractivity contribution < 1.29 is 0 Å². The van der Waals surface area contributed by atoms with E-state index in [1.807, 2.05) is 11.2 Å². The lowest BCUT2D eigenvalue weighted by molar-refractivity contribution is 0.414. The molecule has 3 rings (SSSR count). The van der Waals surface area contributed by atoms with Crippen LogP contribution in [0.3, 0.4) is 0 Å². The summed E-state index contributed by atoms with van der Waals surface area (Å²) in [5.41, 5.74) is 12.0. The van der Waals surface area contributed by atoms with E-state index < -0.39 is 0 Å². The van der Waals surface area contributed by atoms with Gasteiger partial charge in [-0.3, -0.25) is 5.01 Å². The van der Waals surface area contributed by atoms with E-state index in [2.05, 4.69) is 110 Å². The summed E-state index contributed by atoms with van der Waals surface area (Å²) in [5.74, 6) is 0. The fraction of sp³-hybridized carbons (Fsp3) is 0.323. The Bertz CT molecular complexity index is 1170. The minimum absolute atomic E-state index is 0.106. The van der Waals surface area contributed by atoms with Crippen molar-refractivity contribution in [2.24, 2.45) is 5.10 Å². The molecule has 0 radical (unpaired) electrons. The van der Waals surface area contributed by atoms with Gasteiger partial charge >= 0.3 is 0 Å². The molecule has 2 aromatic rings. The van der Waals surface area contributed by atoms with Crippen LogP contribution >= 0.6 is 0 Å². The Morgan fingerprint density at radius 1 is 1.09 bits per heavy atom. The zero-order valence-electron chi connectivity index (χ0n) is 21.4. The van der Waals surface area contributed by atoms with Crippen molar-refractivity contribution in [1.82, 2.24) is 5.01 Å². The van der Waals surface area contributed by atoms with Crippen LogP contribution in [-0.4, -0.2) is 11.2 Å². The van der Waals surface area contributed by atoms with Crippen molar-refractivity contribution >= 4 is 17.5 Å². The van der Waals surface area contributed by atoms with Crippen molar-refractivity contribution in [3.8, 4) is 0 Å². The van der Waals surface area contributed by atoms with Crippen LogP contribution in [0.4, 0.5) is 0 Å². The second-order valence-electron chi connectivity index (χ2n) is 10.0. The van der Waals surface area contributed by atoms with E-state index in [9.17, 15) is 0 Å². The number of aryl methyl sites for hydroxylation is 2. The summed E-state index contributed by atoms with van der Waals surface area (Å²) >= 11 is 0. The number of hydrazone groups is 1. The van der Waals surface area contributed by atoms with E-state index in [0.29, 0.717) is 6.54 Å². The fourth-order valence-electron chi connectivity index (χ4n) is 4.25. The highest BCUT2D eigenvalue weighted by molar-refractivity contribution is 5.91. The maximum Gasteiger partial charge on any atom is 0.0666 e. The number of hydrogen-bond donors (Lipinski definition) is 0. The Balaban J connectivity index is 1.88. The molecule has 1 aliphatic heterocycles. The van der Waals surface area contributed by atoms with Gasteiger partial charge in [0, 0.05) is 11.1 Å². The lowest BCUT2D eigenvalue weighted by Gasteiger charge is -2.30. The van der Waals surface area contributed by atoms with Gasteiger partial charge < -0.3 is 0 Å². The second kappa shape index (κ2) is 9.79. The Kier molecular flexibility index (Phi) is 7.27. The van der Waals surface area contributed by atoms with E-state index in [0.717, 1.165) is 23.3 Å². The van der Waals surface area contributed by atoms with E-state index >= 15 is 0 Å². The first kappa shape index (κ1) is 24.5. The first-order valence-electron chi connectivity index (χ1n) is 11.8. The highest BCUT2D eigenvalue weighted by Gasteiger charge is 2.23. The van der Waals surface area contributed by atoms with Gasteiger partial charge in [0.2, 0.25) is 0 Å². The summed E-state index contributed by atoms with van der Waals surface area (Å²) in [7, 11) is 0. The maximum atomic E-state index is 4.75. The van der Waals surface area contributed by atoms with Gasteiger partial charge in [-0.25, -0.2) is 0 Å². The van der Waals surface area contributed by atoms with Crippen LogP contribution in [0.1, 0.15) is 80.0 Å². The van der Waals surface area contributed by atoms with Gasteiger partial charge in [-0.1, -0.05) is 88.9 Å². The molecule has 0 fully saturated rings. The average Bonchev–Trinajstić information content (AvgIpc) is 2.74. The third-order valence-electron chi connectivity index (χ3n) is 6.26. The Labute approximate surface area is 200 Å². The van der Waals surface area contributed by atoms with Crippen LogP contribution in [0.2, 0.25) is 0 Å². The van der Waals surface area contributed by atoms with Gasteiger partial charge in [-0.2, -0.15) is 5.10 Å². The molecular weight excluding hydrogens is 400 g/mol. The predicted octanol–water partition coefficient (Wildman–Crippen LogP) is 8.35. The average molecular weight is 439 g/mol. The third kappa shape index (κ3) is 5.45. The van der Waals surface area contributed by atoms with Crippen molar-refractivity contribution in [2.45, 2.75) is 66.8 Å². The first-order valence-corrected chi connectivity index (χ1v) is 11.8. The molecule has 0 spiro atoms. The van der Waals surface area contributed by atoms with Crippen LogP contribution in [0.5, 0.6) is 0 Å². The molecule has 0 saturated heterocycles. The highest BCUT2D eigenvalue weighted by Crippen LogP contribution is 2.34. The van der Waals surface area contributed by atoms with E-state index in [-0.39, 0.29) is 5.41 Å². The Morgan fingerprint density at radius 2 is 1.82 bits per heavy atom. The summed E-state index contributed by atoms with van der Waals surface area (Å²) in [5, 5.41) is 6.77. The van der Waals surface area contributed by atoms with Gasteiger partial charge in [-0.05, 0) is 72.1 Å². The molecule has 0 unspecified atom stereocenters. The predicted molar refractivity (Wildman–Crippen MR) is 145 cm³/mol. The number of fused-ring (bicyclic) bond motifs is 1. The zero-order chi connectivity index (χ0) is 24.3. The number of allylic oxidation sites excluding steroid dienone is 5. The number of hydrogen-bond acceptors (Lipinski definition) is 2. The summed E-state index contributed by atoms with van der Waals surface area (Å²) < 4.78 is 0. The van der Waals surface area contributed by atoms with E-state index in [1.165, 1.54) is 39.0 Å². The lowest BCUT2D eigenvalue weighted by Crippen LogP contribution is -2.22. The smallest absolute Gasteiger partial charge is 0.0666 e. The molecule has 0 N–H and O–H groups in total. The second-order valence-corrected chi connectivity index (χ2v) is 10.0. The molecule has 0 amide bonds. The molecule has 2 heteroatoms. The largest absolute Gasteiger partial charge is 0.261 e. The molecule has 0 aliphatic carbocycles. The highest BCUT2D eigenvalue weighted by atomic mass is 15.5. The van der Waals surface area contributed by atoms with Crippen molar-refractivity contribution in [3.63, 3.8) is 0 Å². The van der Waals surface area contributed by atoms with Crippen molar-refractivity contribution in [3.05, 3.63) is 106 Å². The molecule has 0 bridgehead atoms. The standard InChI is InChI=1S/C31H38N2/c1-10-12-26(15-21(3)11-2)29-14-13-25(16-22(29)4)20-33-24(6)30-23(5)17-28(31(7,8)9)18-27(30)19-32-33/h10,12-19H,3,6,11,20H2,1-2,4-5,7-9H3/b12-10-,26-15+. The van der Waals surface area contributed by atoms with Crippen molar-refractivity contribution in [2.75, 3.05) is 0 Å². The molecule has 2 nitrogen and oxygen atoms in total. The molecule has 33 heavy (non-hydrogen) atoms. The van der Waals surface area contributed by atoms with E-state index in [1.54, 1.807) is 0 Å². The van der Waals surface area contributed by atoms with Gasteiger partial charge in [0.1, 0.15) is 0 Å². The lowest BCUT2D eigenvalue weighted by atomic mass is 9.83. The van der Waals surface area contributed by atoms with Crippen LogP contribution < -0.4 is 0 Å². The summed E-state index contributed by atoms with van der Waals surface area (Å²) in [4.78, 5) is 0. The monoisotopic (exact) mass is 438 g/mol. The van der Waals surface area contributed by atoms with Gasteiger partial charge in [0.05, 0.1) is 18.5 Å². The van der Waals surface area contributed by atoms with Crippen LogP contribution in [0.25, 0.3) is 11.3 Å². The van der Waals surface area contributed by atoms with Gasteiger partial charge in [0.25, 0.3) is 0 Å². The molecule has 1 aliphatic rings. The summed E-state index contributed by atoms with van der Waals surface area (Å²) in [6, 6.07) is 11.2. The molecule has 0 atom stereocenters. The van der Waals surface area contributed by atoms with Crippen LogP contribution in [0.15, 0.2) is 72.4 Å². The topological polar surface area (TPSA) is 15.6 Å². The minimum Gasteiger partial charge on any atom is -0.261 e. The summed E-state index contributed by atoms with van der Waals surface area (Å²) in [6.45, 7) is 24.5. The molecular formula is C31H38N2. The molecule has 0 aromatic heterocycles. The third-order valence-corrected chi connectivity index (χ3v) is 6.26. The van der Waals surface area contributed by atoms with Gasteiger partial charge in [0.15, 0.2) is 0 Å². The molecule has 172 valence electrons. The minimum atomic E-state index is 0.106. The number of rotatable bonds is 6. The normalized spacial score (nSPS) is 14.2. The molecule has 1 heterocycles. The first-order chi connectivity index (χ1) is 15.5. The molecule has 2 aromatic carbocycles. The number of benzene rings is 2. The van der Waals surface area contributed by atoms with Gasteiger partial charge in [-0.15, -0.1) is 0 Å². The summed E-state index contributed by atoms with van der Waals surface area (Å²) in [6.07, 6.45) is 9.36. The van der Waals surface area contributed by atoms with E-state index in [4.69, 9.17) is 5.10 Å². The zero-order valence-corrected chi connectivity index (χ0v) is 21.4. The quantitative estimate of drug-likeness (QED) is 0.414. The SMILES string of the molecule is C=C(/C=C(\C=C/C)c1ccc(CN2N=Cc3cc(C(C)(C)C)cc(C)c3C2=C)cc1C)CC.